The van der Waals surface area contributed by atoms with Gasteiger partial charge in [0.05, 0.1) is 16.0 Å². The molecule has 0 aliphatic carbocycles. The zero-order valence-corrected chi connectivity index (χ0v) is 16.5. The van der Waals surface area contributed by atoms with E-state index < -0.39 is 17.6 Å². The Morgan fingerprint density at radius 3 is 2.14 bits per heavy atom. The van der Waals surface area contributed by atoms with Gasteiger partial charge in [-0.1, -0.05) is 19.1 Å². The van der Waals surface area contributed by atoms with E-state index in [1.807, 2.05) is 19.9 Å². The predicted molar refractivity (Wildman–Crippen MR) is 102 cm³/mol. The van der Waals surface area contributed by atoms with E-state index >= 15 is 0 Å². The molecule has 2 amide bonds. The average Bonchev–Trinajstić information content (AvgIpc) is 3.07. The number of alkyl halides is 3. The lowest BCUT2D eigenvalue weighted by atomic mass is 10.1. The topological polar surface area (TPSA) is 40.6 Å². The number of nitrogens with zero attached hydrogens (tertiary/aromatic N) is 2. The summed E-state index contributed by atoms with van der Waals surface area (Å²) in [5.74, 6) is -0.740. The van der Waals surface area contributed by atoms with Crippen LogP contribution in [0.4, 0.5) is 13.2 Å². The molecule has 2 heterocycles. The Hall–Kier alpha value is -2.35. The fraction of sp³-hybridized carbons (Fsp3) is 0.400. The van der Waals surface area contributed by atoms with Crippen molar-refractivity contribution in [1.29, 1.82) is 0 Å². The molecule has 1 aromatic carbocycles. The molecule has 3 rings (SSSR count). The Labute approximate surface area is 165 Å². The standard InChI is InChI=1S/C20H21F3N2O2S/c1-3-16-13(2)12-17(28-16)19(27)25-10-8-24(9-11-25)18(26)14-6-4-5-7-15(14)20(21,22)23/h4-7,12H,3,8-11H2,1-2H3. The number of aryl methyl sites for hydroxylation is 2. The Balaban J connectivity index is 1.69. The van der Waals surface area contributed by atoms with Gasteiger partial charge in [-0.05, 0) is 37.1 Å². The molecular formula is C20H21F3N2O2S. The van der Waals surface area contributed by atoms with Crippen molar-refractivity contribution in [3.05, 3.63) is 56.8 Å². The molecule has 1 aliphatic heterocycles. The van der Waals surface area contributed by atoms with Crippen molar-refractivity contribution in [2.24, 2.45) is 0 Å². The first-order valence-corrected chi connectivity index (χ1v) is 9.88. The van der Waals surface area contributed by atoms with Crippen LogP contribution in [0.5, 0.6) is 0 Å². The Bertz CT molecular complexity index is 884. The summed E-state index contributed by atoms with van der Waals surface area (Å²) in [5, 5.41) is 0. The van der Waals surface area contributed by atoms with E-state index in [2.05, 4.69) is 0 Å². The van der Waals surface area contributed by atoms with E-state index in [9.17, 15) is 22.8 Å². The molecule has 1 aliphatic rings. The van der Waals surface area contributed by atoms with E-state index in [4.69, 9.17) is 0 Å². The molecule has 2 aromatic rings. The number of benzene rings is 1. The molecule has 1 aromatic heterocycles. The van der Waals surface area contributed by atoms with Gasteiger partial charge < -0.3 is 9.80 Å². The van der Waals surface area contributed by atoms with Gasteiger partial charge in [-0.25, -0.2) is 0 Å². The number of rotatable bonds is 3. The first-order valence-electron chi connectivity index (χ1n) is 9.06. The summed E-state index contributed by atoms with van der Waals surface area (Å²) in [5.41, 5.74) is -0.190. The number of piperazine rings is 1. The highest BCUT2D eigenvalue weighted by Crippen LogP contribution is 2.32. The largest absolute Gasteiger partial charge is 0.417 e. The van der Waals surface area contributed by atoms with Crippen LogP contribution in [0.25, 0.3) is 0 Å². The van der Waals surface area contributed by atoms with Crippen LogP contribution in [0, 0.1) is 6.92 Å². The molecule has 1 fully saturated rings. The zero-order chi connectivity index (χ0) is 20.5. The van der Waals surface area contributed by atoms with Crippen molar-refractivity contribution < 1.29 is 22.8 Å². The first kappa shape index (κ1) is 20.4. The molecule has 0 bridgehead atoms. The highest BCUT2D eigenvalue weighted by molar-refractivity contribution is 7.14. The van der Waals surface area contributed by atoms with E-state index in [-0.39, 0.29) is 24.6 Å². The second-order valence-corrected chi connectivity index (χ2v) is 7.83. The average molecular weight is 410 g/mol. The van der Waals surface area contributed by atoms with Crippen LogP contribution in [0.3, 0.4) is 0 Å². The van der Waals surface area contributed by atoms with Crippen LogP contribution < -0.4 is 0 Å². The Morgan fingerprint density at radius 1 is 1.04 bits per heavy atom. The summed E-state index contributed by atoms with van der Waals surface area (Å²) in [6, 6.07) is 6.68. The van der Waals surface area contributed by atoms with Crippen LogP contribution in [0.1, 0.15) is 43.0 Å². The van der Waals surface area contributed by atoms with Crippen molar-refractivity contribution in [2.75, 3.05) is 26.2 Å². The van der Waals surface area contributed by atoms with Crippen LogP contribution in [0.2, 0.25) is 0 Å². The summed E-state index contributed by atoms with van der Waals surface area (Å²) < 4.78 is 39.5. The van der Waals surface area contributed by atoms with E-state index in [0.29, 0.717) is 18.0 Å². The minimum Gasteiger partial charge on any atom is -0.335 e. The number of halogens is 3. The molecule has 0 saturated carbocycles. The lowest BCUT2D eigenvalue weighted by Gasteiger charge is -2.35. The fourth-order valence-corrected chi connectivity index (χ4v) is 4.41. The maximum atomic E-state index is 13.2. The molecule has 0 radical (unpaired) electrons. The maximum absolute atomic E-state index is 13.2. The molecule has 0 spiro atoms. The quantitative estimate of drug-likeness (QED) is 0.760. The lowest BCUT2D eigenvalue weighted by molar-refractivity contribution is -0.138. The third-order valence-electron chi connectivity index (χ3n) is 4.87. The zero-order valence-electron chi connectivity index (χ0n) is 15.7. The van der Waals surface area contributed by atoms with Gasteiger partial charge >= 0.3 is 6.18 Å². The minimum absolute atomic E-state index is 0.0874. The minimum atomic E-state index is -4.59. The molecule has 150 valence electrons. The van der Waals surface area contributed by atoms with Crippen LogP contribution in [0.15, 0.2) is 30.3 Å². The number of amides is 2. The van der Waals surface area contributed by atoms with Gasteiger partial charge in [0, 0.05) is 31.1 Å². The fourth-order valence-electron chi connectivity index (χ4n) is 3.33. The van der Waals surface area contributed by atoms with Gasteiger partial charge in [0.1, 0.15) is 0 Å². The van der Waals surface area contributed by atoms with Crippen molar-refractivity contribution in [1.82, 2.24) is 9.80 Å². The normalized spacial score (nSPS) is 15.0. The summed E-state index contributed by atoms with van der Waals surface area (Å²) >= 11 is 1.47. The van der Waals surface area contributed by atoms with E-state index in [0.717, 1.165) is 18.1 Å². The summed E-state index contributed by atoms with van der Waals surface area (Å²) in [6.07, 6.45) is -3.72. The molecule has 8 heteroatoms. The molecule has 4 nitrogen and oxygen atoms in total. The predicted octanol–water partition coefficient (Wildman–Crippen LogP) is 4.24. The number of carbonyl (C=O) groups excluding carboxylic acids is 2. The number of thiophene rings is 1. The summed E-state index contributed by atoms with van der Waals surface area (Å²) in [6.45, 7) is 5.04. The number of hydrogen-bond acceptors (Lipinski definition) is 3. The van der Waals surface area contributed by atoms with Crippen molar-refractivity contribution in [3.63, 3.8) is 0 Å². The highest BCUT2D eigenvalue weighted by Gasteiger charge is 2.36. The van der Waals surface area contributed by atoms with Gasteiger partial charge in [-0.3, -0.25) is 9.59 Å². The monoisotopic (exact) mass is 410 g/mol. The second kappa shape index (κ2) is 7.95. The molecule has 0 atom stereocenters. The first-order chi connectivity index (χ1) is 13.2. The third kappa shape index (κ3) is 4.06. The maximum Gasteiger partial charge on any atom is 0.417 e. The van der Waals surface area contributed by atoms with Crippen LogP contribution >= 0.6 is 11.3 Å². The molecular weight excluding hydrogens is 389 g/mol. The van der Waals surface area contributed by atoms with Gasteiger partial charge in [0.2, 0.25) is 0 Å². The molecule has 28 heavy (non-hydrogen) atoms. The smallest absolute Gasteiger partial charge is 0.335 e. The van der Waals surface area contributed by atoms with Crippen LogP contribution in [-0.4, -0.2) is 47.8 Å². The summed E-state index contributed by atoms with van der Waals surface area (Å²) in [4.78, 5) is 30.2. The highest BCUT2D eigenvalue weighted by atomic mass is 32.1. The van der Waals surface area contributed by atoms with Crippen molar-refractivity contribution in [2.45, 2.75) is 26.4 Å². The molecule has 0 N–H and O–H groups in total. The van der Waals surface area contributed by atoms with E-state index in [1.165, 1.54) is 39.3 Å². The van der Waals surface area contributed by atoms with E-state index in [1.54, 1.807) is 4.90 Å². The second-order valence-electron chi connectivity index (χ2n) is 6.70. The van der Waals surface area contributed by atoms with Gasteiger partial charge in [0.25, 0.3) is 11.8 Å². The van der Waals surface area contributed by atoms with Gasteiger partial charge in [0.15, 0.2) is 0 Å². The van der Waals surface area contributed by atoms with Crippen LogP contribution in [-0.2, 0) is 12.6 Å². The Morgan fingerprint density at radius 2 is 1.61 bits per heavy atom. The lowest BCUT2D eigenvalue weighted by Crippen LogP contribution is -2.50. The Kier molecular flexibility index (Phi) is 5.79. The van der Waals surface area contributed by atoms with Crippen molar-refractivity contribution in [3.8, 4) is 0 Å². The van der Waals surface area contributed by atoms with Gasteiger partial charge in [-0.2, -0.15) is 13.2 Å². The van der Waals surface area contributed by atoms with Crippen molar-refractivity contribution >= 4 is 23.2 Å². The third-order valence-corrected chi connectivity index (χ3v) is 6.24. The number of carbonyl (C=O) groups is 2. The van der Waals surface area contributed by atoms with Gasteiger partial charge in [-0.15, -0.1) is 11.3 Å². The molecule has 1 saturated heterocycles. The molecule has 0 unspecified atom stereocenters. The SMILES string of the molecule is CCc1sc(C(=O)N2CCN(C(=O)c3ccccc3C(F)(F)F)CC2)cc1C. The summed E-state index contributed by atoms with van der Waals surface area (Å²) in [7, 11) is 0. The number of hydrogen-bond donors (Lipinski definition) is 0.